The van der Waals surface area contributed by atoms with E-state index in [9.17, 15) is 0 Å². The average molecular weight is 254 g/mol. The maximum Gasteiger partial charge on any atom is 3.00 e. The second-order valence-electron chi connectivity index (χ2n) is 0.938. The van der Waals surface area contributed by atoms with Crippen molar-refractivity contribution in [3.8, 4) is 0 Å². The van der Waals surface area contributed by atoms with E-state index in [0.29, 0.717) is 0 Å². The summed E-state index contributed by atoms with van der Waals surface area (Å²) in [6, 6.07) is 0. The molecule has 10 nitrogen and oxygen atoms in total. The molecule has 13 heavy (non-hydrogen) atoms. The van der Waals surface area contributed by atoms with E-state index in [4.69, 9.17) is 38.5 Å². The van der Waals surface area contributed by atoms with Crippen molar-refractivity contribution in [2.45, 2.75) is 0 Å². The quantitative estimate of drug-likeness (QED) is 0.239. The van der Waals surface area contributed by atoms with Crippen LogP contribution in [0.25, 0.3) is 0 Å². The first kappa shape index (κ1) is 29.2. The Balaban J connectivity index is -0.0000000178. The molecule has 0 aromatic carbocycles. The first-order valence-corrected chi connectivity index (χ1v) is 4.49. The van der Waals surface area contributed by atoms with Gasteiger partial charge in [0.25, 0.3) is 7.82 Å². The summed E-state index contributed by atoms with van der Waals surface area (Å²) in [7, 11) is -10.3. The molecule has 0 radical (unpaired) electrons. The minimum absolute atomic E-state index is 0. The van der Waals surface area contributed by atoms with Crippen molar-refractivity contribution in [2.24, 2.45) is 0 Å². The Labute approximate surface area is 85.9 Å². The molecule has 8 N–H and O–H groups in total. The maximum atomic E-state index is 8.77. The molecule has 0 aromatic heterocycles. The Morgan fingerprint density at radius 1 is 0.923 bits per heavy atom. The van der Waals surface area contributed by atoms with Crippen LogP contribution in [-0.4, -0.2) is 27.1 Å². The van der Waals surface area contributed by atoms with Crippen molar-refractivity contribution in [2.75, 3.05) is 0 Å². The van der Waals surface area contributed by atoms with E-state index >= 15 is 0 Å². The predicted octanol–water partition coefficient (Wildman–Crippen LogP) is -4.33. The molecule has 0 saturated carbocycles. The van der Waals surface area contributed by atoms with Crippen LogP contribution in [0.5, 0.6) is 0 Å². The second kappa shape index (κ2) is 10.8. The van der Waals surface area contributed by atoms with Gasteiger partial charge < -0.3 is 46.2 Å². The molecule has 0 unspecified atom stereocenters. The van der Waals surface area contributed by atoms with E-state index in [1.807, 2.05) is 0 Å². The molecule has 0 rings (SSSR count). The minimum Gasteiger partial charge on any atom is -0.822 e. The maximum absolute atomic E-state index is 8.77. The van der Waals surface area contributed by atoms with Crippen LogP contribution in [0, 0.1) is 0 Å². The number of hydrogen-bond donors (Lipinski definition) is 4. The molecule has 13 heteroatoms. The van der Waals surface area contributed by atoms with Crippen LogP contribution in [0.1, 0.15) is 1.43 Å². The monoisotopic (exact) mass is 254 g/mol. The van der Waals surface area contributed by atoms with Gasteiger partial charge in [0.2, 0.25) is 0 Å². The first-order chi connectivity index (χ1) is 4.00. The fourth-order valence-corrected chi connectivity index (χ4v) is 0. The molecular weight excluding hydrogens is 245 g/mol. The smallest absolute Gasteiger partial charge is 0.822 e. The van der Waals surface area contributed by atoms with Crippen LogP contribution in [0.4, 0.5) is 0 Å². The van der Waals surface area contributed by atoms with Gasteiger partial charge >= 0.3 is 18.8 Å². The van der Waals surface area contributed by atoms with Crippen LogP contribution >= 0.6 is 15.6 Å². The van der Waals surface area contributed by atoms with Crippen molar-refractivity contribution in [1.82, 2.24) is 12.3 Å². The van der Waals surface area contributed by atoms with Crippen LogP contribution in [0.3, 0.4) is 0 Å². The summed E-state index contributed by atoms with van der Waals surface area (Å²) >= 11 is 0. The Morgan fingerprint density at radius 3 is 0.923 bits per heavy atom. The van der Waals surface area contributed by atoms with Gasteiger partial charge in [-0.05, 0) is 0 Å². The number of rotatable bonds is 0. The van der Waals surface area contributed by atoms with E-state index in [1.54, 1.807) is 0 Å². The van der Waals surface area contributed by atoms with Crippen molar-refractivity contribution >= 4 is 33.0 Å². The van der Waals surface area contributed by atoms with Gasteiger partial charge in [0.05, 0.1) is 0 Å². The summed E-state index contributed by atoms with van der Waals surface area (Å²) in [4.78, 5) is 48.6. The van der Waals surface area contributed by atoms with Gasteiger partial charge in [-0.3, -0.25) is 4.57 Å². The molecule has 0 fully saturated rings. The summed E-state index contributed by atoms with van der Waals surface area (Å²) in [5.41, 5.74) is 0. The molecule has 0 saturated heterocycles. The van der Waals surface area contributed by atoms with E-state index in [0.717, 1.165) is 0 Å². The van der Waals surface area contributed by atoms with Crippen LogP contribution in [0.15, 0.2) is 0 Å². The molecule has 0 heterocycles. The molecule has 80 valence electrons. The van der Waals surface area contributed by atoms with Gasteiger partial charge in [0.1, 0.15) is 0 Å². The van der Waals surface area contributed by atoms with Crippen molar-refractivity contribution in [3.63, 3.8) is 0 Å². The molecular formula is H9AlN2O8P2. The molecule has 0 amide bonds. The summed E-state index contributed by atoms with van der Waals surface area (Å²) in [6.45, 7) is 0. The van der Waals surface area contributed by atoms with Gasteiger partial charge in [0, 0.05) is 0 Å². The zero-order valence-corrected chi connectivity index (χ0v) is 9.17. The predicted molar refractivity (Wildman–Crippen MR) is 36.6 cm³/mol. The standard InChI is InChI=1S/Al.2H3N.2H3O4P/c;;;2*1-5(2,3)4/h;2*1H3;2*(H3,1,2,3,4)/q+3;;;;/p-3. The Hall–Kier alpha value is 0.672. The van der Waals surface area contributed by atoms with E-state index in [2.05, 4.69) is 0 Å². The van der Waals surface area contributed by atoms with E-state index < -0.39 is 15.6 Å². The molecule has 0 aliphatic rings. The van der Waals surface area contributed by atoms with Crippen molar-refractivity contribution in [3.05, 3.63) is 0 Å². The summed E-state index contributed by atoms with van der Waals surface area (Å²) in [5, 5.41) is 0. The van der Waals surface area contributed by atoms with Gasteiger partial charge in [-0.25, -0.2) is 0 Å². The first-order valence-electron chi connectivity index (χ1n) is 1.50. The normalized spacial score (nSPS) is 9.08. The van der Waals surface area contributed by atoms with Crippen LogP contribution in [0.2, 0.25) is 0 Å². The zero-order valence-electron chi connectivity index (χ0n) is 7.23. The van der Waals surface area contributed by atoms with Crippen LogP contribution in [-0.2, 0) is 9.13 Å². The van der Waals surface area contributed by atoms with Gasteiger partial charge in [-0.15, -0.1) is 0 Å². The summed E-state index contributed by atoms with van der Waals surface area (Å²) in [5.74, 6) is 0. The summed E-state index contributed by atoms with van der Waals surface area (Å²) in [6.07, 6.45) is 0. The topological polar surface area (TPSA) is 237 Å². The van der Waals surface area contributed by atoms with E-state index in [-0.39, 0.29) is 31.1 Å². The third-order valence-electron chi connectivity index (χ3n) is 0. The Kier molecular flexibility index (Phi) is 24.1. The zero-order chi connectivity index (χ0) is 9.00. The summed E-state index contributed by atoms with van der Waals surface area (Å²) < 4.78 is 17.3. The van der Waals surface area contributed by atoms with Crippen molar-refractivity contribution < 1.29 is 39.9 Å². The number of phosphoric acid groups is 2. The van der Waals surface area contributed by atoms with E-state index in [1.165, 1.54) is 0 Å². The minimum atomic E-state index is -5.39. The second-order valence-corrected chi connectivity index (χ2v) is 2.81. The molecule has 0 atom stereocenters. The molecule has 0 aliphatic heterocycles. The molecule has 0 bridgehead atoms. The molecule has 0 spiro atoms. The van der Waals surface area contributed by atoms with Gasteiger partial charge in [-0.2, -0.15) is 7.82 Å². The number of hydrogen-bond acceptors (Lipinski definition) is 8. The van der Waals surface area contributed by atoms with Gasteiger partial charge in [0.15, 0.2) is 0 Å². The average Bonchev–Trinajstić information content (AvgIpc) is 1.12. The van der Waals surface area contributed by atoms with Gasteiger partial charge in [-0.1, -0.05) is 0 Å². The SMILES string of the molecule is N.N.O=P([O-])(O)O.O=P([O-])([O-])[O-].[Al+3].[H+]. The molecule has 0 aromatic rings. The largest absolute Gasteiger partial charge is 3.00 e. The Bertz CT molecular complexity index is 138. The third-order valence-corrected chi connectivity index (χ3v) is 0. The third kappa shape index (κ3) is 3190. The fourth-order valence-electron chi connectivity index (χ4n) is 0. The Morgan fingerprint density at radius 2 is 0.923 bits per heavy atom. The van der Waals surface area contributed by atoms with Crippen molar-refractivity contribution in [1.29, 1.82) is 0 Å². The molecule has 0 aliphatic carbocycles. The van der Waals surface area contributed by atoms with Crippen LogP contribution < -0.4 is 31.9 Å². The fraction of sp³-hybridized carbons (Fsp3) is 0.